The molecule has 1 atom stereocenters. The standard InChI is InChI=1S/C17H17BrN2O3/c1-2-15(16(21)20-12-6-4-3-5-7-12)23-17(22)13-10-11(18)8-9-14(13)19/h3-10,15H,2,19H2,1H3,(H,20,21). The number of hydrogen-bond donors (Lipinski definition) is 2. The molecule has 2 aromatic rings. The van der Waals surface area contributed by atoms with Gasteiger partial charge in [-0.25, -0.2) is 4.79 Å². The molecule has 2 aromatic carbocycles. The maximum Gasteiger partial charge on any atom is 0.341 e. The molecule has 23 heavy (non-hydrogen) atoms. The fraction of sp³-hybridized carbons (Fsp3) is 0.176. The van der Waals surface area contributed by atoms with Crippen LogP contribution in [0.25, 0.3) is 0 Å². The average Bonchev–Trinajstić information content (AvgIpc) is 2.55. The number of nitrogens with two attached hydrogens (primary N) is 1. The van der Waals surface area contributed by atoms with E-state index in [1.165, 1.54) is 0 Å². The number of amides is 1. The molecule has 0 aliphatic carbocycles. The predicted molar refractivity (Wildman–Crippen MR) is 93.1 cm³/mol. The van der Waals surface area contributed by atoms with Crippen LogP contribution in [0, 0.1) is 0 Å². The highest BCUT2D eigenvalue weighted by Crippen LogP contribution is 2.20. The summed E-state index contributed by atoms with van der Waals surface area (Å²) in [5.41, 5.74) is 6.96. The smallest absolute Gasteiger partial charge is 0.341 e. The molecule has 5 nitrogen and oxygen atoms in total. The maximum absolute atomic E-state index is 12.2. The minimum Gasteiger partial charge on any atom is -0.449 e. The van der Waals surface area contributed by atoms with Gasteiger partial charge in [-0.1, -0.05) is 41.1 Å². The van der Waals surface area contributed by atoms with E-state index in [-0.39, 0.29) is 11.5 Å². The Morgan fingerprint density at radius 3 is 2.57 bits per heavy atom. The van der Waals surface area contributed by atoms with Crippen molar-refractivity contribution in [2.24, 2.45) is 0 Å². The minimum absolute atomic E-state index is 0.227. The summed E-state index contributed by atoms with van der Waals surface area (Å²) in [7, 11) is 0. The lowest BCUT2D eigenvalue weighted by Crippen LogP contribution is -2.32. The molecule has 0 radical (unpaired) electrons. The number of para-hydroxylation sites is 1. The molecule has 0 heterocycles. The van der Waals surface area contributed by atoms with Gasteiger partial charge in [0.05, 0.1) is 5.56 Å². The molecule has 0 fully saturated rings. The van der Waals surface area contributed by atoms with Crippen molar-refractivity contribution in [2.45, 2.75) is 19.4 Å². The van der Waals surface area contributed by atoms with E-state index in [1.807, 2.05) is 18.2 Å². The Kier molecular flexibility index (Phi) is 5.76. The molecule has 120 valence electrons. The first kappa shape index (κ1) is 17.0. The molecule has 0 spiro atoms. The summed E-state index contributed by atoms with van der Waals surface area (Å²) in [6, 6.07) is 13.9. The molecule has 0 saturated heterocycles. The van der Waals surface area contributed by atoms with Crippen molar-refractivity contribution >= 4 is 39.2 Å². The van der Waals surface area contributed by atoms with E-state index in [9.17, 15) is 9.59 Å². The van der Waals surface area contributed by atoms with Gasteiger partial charge in [-0.15, -0.1) is 0 Å². The van der Waals surface area contributed by atoms with Gasteiger partial charge in [0.25, 0.3) is 5.91 Å². The summed E-state index contributed by atoms with van der Waals surface area (Å²) in [5.74, 6) is -1.00. The summed E-state index contributed by atoms with van der Waals surface area (Å²) < 4.78 is 6.01. The fourth-order valence-electron chi connectivity index (χ4n) is 1.96. The lowest BCUT2D eigenvalue weighted by Gasteiger charge is -2.16. The summed E-state index contributed by atoms with van der Waals surface area (Å²) in [6.07, 6.45) is -0.528. The quantitative estimate of drug-likeness (QED) is 0.616. The second-order valence-corrected chi connectivity index (χ2v) is 5.80. The van der Waals surface area contributed by atoms with Crippen molar-refractivity contribution in [2.75, 3.05) is 11.1 Å². The lowest BCUT2D eigenvalue weighted by atomic mass is 10.2. The Balaban J connectivity index is 2.08. The first-order chi connectivity index (χ1) is 11.0. The molecule has 2 rings (SSSR count). The third-order valence-electron chi connectivity index (χ3n) is 3.19. The average molecular weight is 377 g/mol. The summed E-state index contributed by atoms with van der Waals surface area (Å²) in [5, 5.41) is 2.72. The second-order valence-electron chi connectivity index (χ2n) is 4.89. The highest BCUT2D eigenvalue weighted by atomic mass is 79.9. The topological polar surface area (TPSA) is 81.4 Å². The van der Waals surface area contributed by atoms with Crippen molar-refractivity contribution in [1.82, 2.24) is 0 Å². The van der Waals surface area contributed by atoms with Gasteiger partial charge in [0.15, 0.2) is 6.10 Å². The van der Waals surface area contributed by atoms with Gasteiger partial charge in [0.1, 0.15) is 0 Å². The number of nitrogens with one attached hydrogen (secondary N) is 1. The molecule has 0 saturated carbocycles. The third-order valence-corrected chi connectivity index (χ3v) is 3.68. The molecule has 0 aliphatic heterocycles. The van der Waals surface area contributed by atoms with Crippen LogP contribution in [0.4, 0.5) is 11.4 Å². The Morgan fingerprint density at radius 1 is 1.22 bits per heavy atom. The number of carbonyl (C=O) groups is 2. The number of carbonyl (C=O) groups excluding carboxylic acids is 2. The third kappa shape index (κ3) is 4.56. The summed E-state index contributed by atoms with van der Waals surface area (Å²) in [4.78, 5) is 24.5. The molecule has 6 heteroatoms. The van der Waals surface area contributed by atoms with E-state index in [2.05, 4.69) is 21.2 Å². The van der Waals surface area contributed by atoms with Gasteiger partial charge in [-0.3, -0.25) is 4.79 Å². The van der Waals surface area contributed by atoms with Crippen LogP contribution in [0.2, 0.25) is 0 Å². The lowest BCUT2D eigenvalue weighted by molar-refractivity contribution is -0.124. The van der Waals surface area contributed by atoms with Crippen LogP contribution in [0.3, 0.4) is 0 Å². The Morgan fingerprint density at radius 2 is 1.91 bits per heavy atom. The molecular weight excluding hydrogens is 360 g/mol. The minimum atomic E-state index is -0.888. The SMILES string of the molecule is CCC(OC(=O)c1cc(Br)ccc1N)C(=O)Nc1ccccc1. The molecule has 1 unspecified atom stereocenters. The Hall–Kier alpha value is -2.34. The number of esters is 1. The van der Waals surface area contributed by atoms with Gasteiger partial charge in [0.2, 0.25) is 0 Å². The number of rotatable bonds is 5. The molecule has 1 amide bonds. The van der Waals surface area contributed by atoms with Crippen LogP contribution in [-0.4, -0.2) is 18.0 Å². The summed E-state index contributed by atoms with van der Waals surface area (Å²) >= 11 is 3.28. The van der Waals surface area contributed by atoms with E-state index in [0.717, 1.165) is 0 Å². The normalized spacial score (nSPS) is 11.6. The molecule has 0 bridgehead atoms. The van der Waals surface area contributed by atoms with E-state index >= 15 is 0 Å². The van der Waals surface area contributed by atoms with Crippen LogP contribution in [0.5, 0.6) is 0 Å². The zero-order valence-corrected chi connectivity index (χ0v) is 14.2. The highest BCUT2D eigenvalue weighted by molar-refractivity contribution is 9.10. The zero-order valence-electron chi connectivity index (χ0n) is 12.6. The van der Waals surface area contributed by atoms with E-state index in [1.54, 1.807) is 37.3 Å². The zero-order chi connectivity index (χ0) is 16.8. The number of nitrogen functional groups attached to an aromatic ring is 1. The van der Waals surface area contributed by atoms with Crippen molar-refractivity contribution in [3.63, 3.8) is 0 Å². The van der Waals surface area contributed by atoms with E-state index < -0.39 is 12.1 Å². The highest BCUT2D eigenvalue weighted by Gasteiger charge is 2.23. The number of ether oxygens (including phenoxy) is 1. The van der Waals surface area contributed by atoms with Crippen molar-refractivity contribution in [1.29, 1.82) is 0 Å². The Labute approximate surface area is 143 Å². The van der Waals surface area contributed by atoms with Crippen LogP contribution < -0.4 is 11.1 Å². The van der Waals surface area contributed by atoms with Crippen LogP contribution in [-0.2, 0) is 9.53 Å². The number of anilines is 2. The number of benzene rings is 2. The predicted octanol–water partition coefficient (Wildman–Crippen LogP) is 3.61. The first-order valence-electron chi connectivity index (χ1n) is 7.13. The Bertz CT molecular complexity index is 704. The maximum atomic E-state index is 12.2. The number of halogens is 1. The second kappa shape index (κ2) is 7.78. The fourth-order valence-corrected chi connectivity index (χ4v) is 2.33. The van der Waals surface area contributed by atoms with Gasteiger partial charge < -0.3 is 15.8 Å². The van der Waals surface area contributed by atoms with Crippen LogP contribution >= 0.6 is 15.9 Å². The van der Waals surface area contributed by atoms with E-state index in [0.29, 0.717) is 22.3 Å². The van der Waals surface area contributed by atoms with Crippen molar-refractivity contribution in [3.05, 3.63) is 58.6 Å². The van der Waals surface area contributed by atoms with Crippen LogP contribution in [0.15, 0.2) is 53.0 Å². The summed E-state index contributed by atoms with van der Waals surface area (Å²) in [6.45, 7) is 1.77. The molecule has 0 aromatic heterocycles. The van der Waals surface area contributed by atoms with E-state index in [4.69, 9.17) is 10.5 Å². The number of hydrogen-bond acceptors (Lipinski definition) is 4. The first-order valence-corrected chi connectivity index (χ1v) is 7.92. The van der Waals surface area contributed by atoms with Crippen molar-refractivity contribution < 1.29 is 14.3 Å². The largest absolute Gasteiger partial charge is 0.449 e. The molecule has 3 N–H and O–H groups in total. The van der Waals surface area contributed by atoms with Gasteiger partial charge in [-0.2, -0.15) is 0 Å². The van der Waals surface area contributed by atoms with Gasteiger partial charge >= 0.3 is 5.97 Å². The van der Waals surface area contributed by atoms with Crippen LogP contribution in [0.1, 0.15) is 23.7 Å². The van der Waals surface area contributed by atoms with Crippen molar-refractivity contribution in [3.8, 4) is 0 Å². The molecule has 0 aliphatic rings. The monoisotopic (exact) mass is 376 g/mol. The molecular formula is C17H17BrN2O3. The van der Waals surface area contributed by atoms with Gasteiger partial charge in [0, 0.05) is 15.8 Å². The van der Waals surface area contributed by atoms with Gasteiger partial charge in [-0.05, 0) is 36.8 Å².